The van der Waals surface area contributed by atoms with Crippen molar-refractivity contribution < 1.29 is 9.21 Å². The highest BCUT2D eigenvalue weighted by Crippen LogP contribution is 2.14. The molecule has 0 fully saturated rings. The van der Waals surface area contributed by atoms with Crippen molar-refractivity contribution in [2.24, 2.45) is 0 Å². The molecule has 2 rings (SSSR count). The summed E-state index contributed by atoms with van der Waals surface area (Å²) in [6, 6.07) is 1.81. The highest BCUT2D eigenvalue weighted by Gasteiger charge is 2.11. The van der Waals surface area contributed by atoms with Gasteiger partial charge in [-0.05, 0) is 19.9 Å². The average molecular weight is 248 g/mol. The smallest absolute Gasteiger partial charge is 0.242 e. The van der Waals surface area contributed by atoms with Crippen LogP contribution in [-0.4, -0.2) is 15.7 Å². The van der Waals surface area contributed by atoms with Crippen LogP contribution < -0.4 is 11.1 Å². The maximum absolute atomic E-state index is 11.7. The third-order valence-corrected chi connectivity index (χ3v) is 2.80. The molecule has 0 aromatic carbocycles. The van der Waals surface area contributed by atoms with E-state index < -0.39 is 0 Å². The largest absolute Gasteiger partial charge is 0.472 e. The number of carbonyl (C=O) groups excluding carboxylic acids is 1. The molecule has 0 aliphatic heterocycles. The predicted octanol–water partition coefficient (Wildman–Crippen LogP) is 0.992. The molecule has 0 aliphatic rings. The quantitative estimate of drug-likeness (QED) is 0.844. The number of furan rings is 1. The van der Waals surface area contributed by atoms with Crippen molar-refractivity contribution in [2.75, 3.05) is 5.73 Å². The first-order valence-corrected chi connectivity index (χ1v) is 5.65. The Morgan fingerprint density at radius 1 is 1.56 bits per heavy atom. The number of nitrogens with two attached hydrogens (primary N) is 1. The Bertz CT molecular complexity index is 543. The topological polar surface area (TPSA) is 86.1 Å². The van der Waals surface area contributed by atoms with E-state index in [1.54, 1.807) is 17.2 Å². The first-order chi connectivity index (χ1) is 8.58. The number of amides is 1. The Balaban J connectivity index is 1.93. The van der Waals surface area contributed by atoms with Gasteiger partial charge in [0, 0.05) is 12.1 Å². The molecule has 96 valence electrons. The minimum Gasteiger partial charge on any atom is -0.472 e. The zero-order valence-corrected chi connectivity index (χ0v) is 10.4. The van der Waals surface area contributed by atoms with Gasteiger partial charge < -0.3 is 15.5 Å². The average Bonchev–Trinajstić information content (AvgIpc) is 2.93. The summed E-state index contributed by atoms with van der Waals surface area (Å²) in [5, 5.41) is 7.00. The molecule has 0 spiro atoms. The van der Waals surface area contributed by atoms with Gasteiger partial charge in [-0.15, -0.1) is 0 Å². The lowest BCUT2D eigenvalue weighted by Crippen LogP contribution is -2.27. The number of rotatable bonds is 4. The van der Waals surface area contributed by atoms with Crippen LogP contribution in [0.2, 0.25) is 0 Å². The zero-order chi connectivity index (χ0) is 13.1. The maximum Gasteiger partial charge on any atom is 0.242 e. The molecule has 6 nitrogen and oxygen atoms in total. The van der Waals surface area contributed by atoms with Crippen LogP contribution in [0, 0.1) is 13.8 Å². The van der Waals surface area contributed by atoms with Crippen molar-refractivity contribution in [3.63, 3.8) is 0 Å². The van der Waals surface area contributed by atoms with Crippen LogP contribution in [0.15, 0.2) is 23.0 Å². The van der Waals surface area contributed by atoms with E-state index in [0.29, 0.717) is 12.2 Å². The lowest BCUT2D eigenvalue weighted by Gasteiger charge is -2.05. The van der Waals surface area contributed by atoms with Gasteiger partial charge in [-0.3, -0.25) is 9.48 Å². The van der Waals surface area contributed by atoms with E-state index in [4.69, 9.17) is 10.2 Å². The van der Waals surface area contributed by atoms with Crippen molar-refractivity contribution in [1.82, 2.24) is 15.1 Å². The fourth-order valence-corrected chi connectivity index (χ4v) is 1.65. The van der Waals surface area contributed by atoms with E-state index in [-0.39, 0.29) is 12.5 Å². The molecule has 1 amide bonds. The van der Waals surface area contributed by atoms with Gasteiger partial charge in [0.15, 0.2) is 0 Å². The van der Waals surface area contributed by atoms with Gasteiger partial charge >= 0.3 is 0 Å². The lowest BCUT2D eigenvalue weighted by atomic mass is 10.3. The molecule has 0 bridgehead atoms. The Morgan fingerprint density at radius 3 is 2.89 bits per heavy atom. The molecule has 6 heteroatoms. The van der Waals surface area contributed by atoms with Crippen molar-refractivity contribution in [3.05, 3.63) is 35.5 Å². The Hall–Kier alpha value is -2.24. The molecule has 0 unspecified atom stereocenters. The van der Waals surface area contributed by atoms with E-state index in [0.717, 1.165) is 17.0 Å². The number of carbonyl (C=O) groups is 1. The van der Waals surface area contributed by atoms with Crippen LogP contribution in [0.3, 0.4) is 0 Å². The van der Waals surface area contributed by atoms with Gasteiger partial charge in [0.2, 0.25) is 5.91 Å². The molecular weight excluding hydrogens is 232 g/mol. The summed E-state index contributed by atoms with van der Waals surface area (Å²) in [7, 11) is 0. The number of aryl methyl sites for hydroxylation is 1. The summed E-state index contributed by atoms with van der Waals surface area (Å²) in [4.78, 5) is 11.7. The van der Waals surface area contributed by atoms with Crippen molar-refractivity contribution in [3.8, 4) is 0 Å². The molecule has 0 atom stereocenters. The van der Waals surface area contributed by atoms with Crippen molar-refractivity contribution >= 4 is 11.6 Å². The van der Waals surface area contributed by atoms with Crippen LogP contribution in [0.25, 0.3) is 0 Å². The van der Waals surface area contributed by atoms with Gasteiger partial charge in [0.1, 0.15) is 6.54 Å². The SMILES string of the molecule is Cc1nn(CC(=O)NCc2ccoc2)c(C)c1N. The number of hydrogen-bond donors (Lipinski definition) is 2. The normalized spacial score (nSPS) is 10.6. The molecule has 0 saturated heterocycles. The molecule has 0 saturated carbocycles. The first-order valence-electron chi connectivity index (χ1n) is 5.65. The first kappa shape index (κ1) is 12.2. The zero-order valence-electron chi connectivity index (χ0n) is 10.4. The standard InChI is InChI=1S/C12H16N4O2/c1-8-12(13)9(2)16(15-8)6-11(17)14-5-10-3-4-18-7-10/h3-4,7H,5-6,13H2,1-2H3,(H,14,17). The number of nitrogens with zero attached hydrogens (tertiary/aromatic N) is 2. The highest BCUT2D eigenvalue weighted by molar-refractivity contribution is 5.75. The van der Waals surface area contributed by atoms with Gasteiger partial charge in [-0.2, -0.15) is 5.10 Å². The molecular formula is C12H16N4O2. The molecule has 0 aliphatic carbocycles. The Labute approximate surface area is 105 Å². The molecule has 2 aromatic heterocycles. The molecule has 2 heterocycles. The van der Waals surface area contributed by atoms with Crippen molar-refractivity contribution in [1.29, 1.82) is 0 Å². The van der Waals surface area contributed by atoms with Gasteiger partial charge in [0.05, 0.1) is 29.6 Å². The summed E-state index contributed by atoms with van der Waals surface area (Å²) >= 11 is 0. The monoisotopic (exact) mass is 248 g/mol. The molecule has 18 heavy (non-hydrogen) atoms. The second-order valence-corrected chi connectivity index (χ2v) is 4.15. The lowest BCUT2D eigenvalue weighted by molar-refractivity contribution is -0.122. The predicted molar refractivity (Wildman–Crippen MR) is 66.7 cm³/mol. The summed E-state index contributed by atoms with van der Waals surface area (Å²) in [6.07, 6.45) is 3.17. The minimum absolute atomic E-state index is 0.109. The van der Waals surface area contributed by atoms with Gasteiger partial charge in [0.25, 0.3) is 0 Å². The molecule has 0 radical (unpaired) electrons. The number of nitrogen functional groups attached to an aromatic ring is 1. The van der Waals surface area contributed by atoms with E-state index >= 15 is 0 Å². The van der Waals surface area contributed by atoms with Crippen LogP contribution >= 0.6 is 0 Å². The Kier molecular flexibility index (Phi) is 3.36. The van der Waals surface area contributed by atoms with Crippen LogP contribution in [0.4, 0.5) is 5.69 Å². The fourth-order valence-electron chi connectivity index (χ4n) is 1.65. The number of hydrogen-bond acceptors (Lipinski definition) is 4. The summed E-state index contributed by atoms with van der Waals surface area (Å²) < 4.78 is 6.52. The Morgan fingerprint density at radius 2 is 2.33 bits per heavy atom. The highest BCUT2D eigenvalue weighted by atomic mass is 16.3. The number of nitrogens with one attached hydrogen (secondary N) is 1. The second kappa shape index (κ2) is 4.95. The number of anilines is 1. The van der Waals surface area contributed by atoms with Gasteiger partial charge in [-0.1, -0.05) is 0 Å². The summed E-state index contributed by atoms with van der Waals surface area (Å²) in [6.45, 7) is 4.28. The third-order valence-electron chi connectivity index (χ3n) is 2.80. The molecule has 2 aromatic rings. The second-order valence-electron chi connectivity index (χ2n) is 4.15. The van der Waals surface area contributed by atoms with E-state index in [1.165, 1.54) is 0 Å². The molecule has 3 N–H and O–H groups in total. The van der Waals surface area contributed by atoms with E-state index in [1.807, 2.05) is 19.9 Å². The minimum atomic E-state index is -0.109. The van der Waals surface area contributed by atoms with Crippen LogP contribution in [0.1, 0.15) is 17.0 Å². The fraction of sp³-hybridized carbons (Fsp3) is 0.333. The van der Waals surface area contributed by atoms with Crippen molar-refractivity contribution in [2.45, 2.75) is 26.9 Å². The summed E-state index contributed by atoms with van der Waals surface area (Å²) in [5.41, 5.74) is 8.92. The van der Waals surface area contributed by atoms with E-state index in [2.05, 4.69) is 10.4 Å². The van der Waals surface area contributed by atoms with Gasteiger partial charge in [-0.25, -0.2) is 0 Å². The van der Waals surface area contributed by atoms with Crippen LogP contribution in [0.5, 0.6) is 0 Å². The third kappa shape index (κ3) is 2.53. The van der Waals surface area contributed by atoms with Crippen LogP contribution in [-0.2, 0) is 17.9 Å². The van der Waals surface area contributed by atoms with E-state index in [9.17, 15) is 4.79 Å². The maximum atomic E-state index is 11.7. The summed E-state index contributed by atoms with van der Waals surface area (Å²) in [5.74, 6) is -0.109. The number of aromatic nitrogens is 2.